The summed E-state index contributed by atoms with van der Waals surface area (Å²) in [5.41, 5.74) is 2.94. The van der Waals surface area contributed by atoms with Gasteiger partial charge in [-0.15, -0.1) is 26.8 Å². The molecule has 0 fully saturated rings. The van der Waals surface area contributed by atoms with Gasteiger partial charge in [0.05, 0.1) is 0 Å². The second-order valence-corrected chi connectivity index (χ2v) is 3.06. The summed E-state index contributed by atoms with van der Waals surface area (Å²) in [5, 5.41) is 0. The Kier molecular flexibility index (Phi) is 43.6. The van der Waals surface area contributed by atoms with Crippen molar-refractivity contribution >= 4 is 5.57 Å². The van der Waals surface area contributed by atoms with Crippen molar-refractivity contribution in [3.05, 3.63) is 66.8 Å². The number of hydrogen-bond acceptors (Lipinski definition) is 0. The minimum atomic E-state index is 0. The summed E-state index contributed by atoms with van der Waals surface area (Å²) in [6.45, 7) is 23.6. The average molecular weight is 624 g/mol. The van der Waals surface area contributed by atoms with Crippen LogP contribution in [0, 0.1) is 25.3 Å². The first-order valence-corrected chi connectivity index (χ1v) is 6.74. The minimum Gasteiger partial charge on any atom is -0.394 e. The molecule has 116 valence electrons. The molecule has 0 heterocycles. The van der Waals surface area contributed by atoms with E-state index in [9.17, 15) is 0 Å². The second-order valence-electron chi connectivity index (χ2n) is 3.06. The average Bonchev–Trinajstić information content (AvgIpc) is 2.52. The summed E-state index contributed by atoms with van der Waals surface area (Å²) in [5.74, 6) is 0. The molecule has 0 aliphatic heterocycles. The largest absolute Gasteiger partial charge is 2.00 e. The van der Waals surface area contributed by atoms with Crippen LogP contribution < -0.4 is 0 Å². The first-order valence-electron chi connectivity index (χ1n) is 6.74. The number of rotatable bonds is 2. The van der Waals surface area contributed by atoms with Gasteiger partial charge in [-0.1, -0.05) is 27.7 Å². The zero-order valence-corrected chi connectivity index (χ0v) is 20.2. The molecule has 0 spiro atoms. The van der Waals surface area contributed by atoms with Crippen LogP contribution in [0.4, 0.5) is 0 Å². The fraction of sp³-hybridized carbons (Fsp3) is 0.368. The summed E-state index contributed by atoms with van der Waals surface area (Å²) in [4.78, 5) is 0. The predicted molar refractivity (Wildman–Crippen MR) is 88.3 cm³/mol. The summed E-state index contributed by atoms with van der Waals surface area (Å²) >= 11 is 0. The Morgan fingerprint density at radius 3 is 1.76 bits per heavy atom. The van der Waals surface area contributed by atoms with E-state index in [1.807, 2.05) is 65.8 Å². The maximum absolute atomic E-state index is 5.03. The molecule has 0 atom stereocenters. The Labute approximate surface area is 162 Å². The molecular formula is C19H28W2. The summed E-state index contributed by atoms with van der Waals surface area (Å²) in [6, 6.07) is 11.0. The van der Waals surface area contributed by atoms with E-state index in [1.165, 1.54) is 6.08 Å². The van der Waals surface area contributed by atoms with Crippen LogP contribution in [-0.2, 0) is 42.1 Å². The topological polar surface area (TPSA) is 0 Å². The number of hydrogen-bond donors (Lipinski definition) is 0. The molecule has 1 aromatic rings. The van der Waals surface area contributed by atoms with Crippen LogP contribution in [0.5, 0.6) is 0 Å². The third-order valence-electron chi connectivity index (χ3n) is 1.75. The molecule has 0 aliphatic carbocycles. The molecule has 1 aromatic carbocycles. The van der Waals surface area contributed by atoms with Gasteiger partial charge in [-0.2, -0.15) is 12.1 Å². The summed E-state index contributed by atoms with van der Waals surface area (Å²) in [7, 11) is 0. The van der Waals surface area contributed by atoms with Crippen molar-refractivity contribution in [2.24, 2.45) is 0 Å². The fourth-order valence-corrected chi connectivity index (χ4v) is 0.761. The van der Waals surface area contributed by atoms with Crippen LogP contribution in [-0.4, -0.2) is 0 Å². The summed E-state index contributed by atoms with van der Waals surface area (Å²) < 4.78 is 0. The Balaban J connectivity index is -0.0000000674. The molecule has 0 saturated heterocycles. The van der Waals surface area contributed by atoms with Crippen molar-refractivity contribution in [1.82, 2.24) is 0 Å². The van der Waals surface area contributed by atoms with Gasteiger partial charge in [-0.05, 0) is 0 Å². The van der Waals surface area contributed by atoms with Crippen molar-refractivity contribution in [2.45, 2.75) is 48.5 Å². The number of allylic oxidation sites excluding steroid dienone is 4. The van der Waals surface area contributed by atoms with Gasteiger partial charge < -0.3 is 42.0 Å². The van der Waals surface area contributed by atoms with Gasteiger partial charge in [0.25, 0.3) is 0 Å². The van der Waals surface area contributed by atoms with Gasteiger partial charge in [-0.25, -0.2) is 12.1 Å². The fourth-order valence-electron chi connectivity index (χ4n) is 0.761. The van der Waals surface area contributed by atoms with Crippen molar-refractivity contribution in [1.29, 1.82) is 0 Å². The molecule has 0 radical (unpaired) electrons. The molecule has 0 bridgehead atoms. The van der Waals surface area contributed by atoms with Gasteiger partial charge in [0, 0.05) is 0 Å². The van der Waals surface area contributed by atoms with Crippen LogP contribution in [0.2, 0.25) is 0 Å². The van der Waals surface area contributed by atoms with Crippen LogP contribution in [0.3, 0.4) is 0 Å². The number of benzene rings is 1. The monoisotopic (exact) mass is 624 g/mol. The van der Waals surface area contributed by atoms with E-state index in [4.69, 9.17) is 13.2 Å². The SMILES string of the molecule is CC.CC.C[C-]=C(C)c1[c-]cccc1.[CH-]=CC(=[CH-])C.[W+2].[W+2]. The third kappa shape index (κ3) is 25.1. The zero-order valence-electron chi connectivity index (χ0n) is 14.4. The smallest absolute Gasteiger partial charge is 0.394 e. The summed E-state index contributed by atoms with van der Waals surface area (Å²) in [6.07, 6.45) is 4.43. The van der Waals surface area contributed by atoms with Crippen LogP contribution in [0.15, 0.2) is 35.9 Å². The first-order chi connectivity index (χ1) is 9.11. The standard InChI is InChI=1S/C10H10.C5H6.2C2H6.2W/c1-3-9(2)10-7-5-4-6-8-10;1-4-5(2)3;2*1-2;;/h4-7H,1-2H3;1-2,4H,3H3;2*1-2H3;;/q2*-2;;;2*+2. The molecule has 21 heavy (non-hydrogen) atoms. The quantitative estimate of drug-likeness (QED) is 0.275. The van der Waals surface area contributed by atoms with Crippen molar-refractivity contribution < 1.29 is 42.1 Å². The Morgan fingerprint density at radius 1 is 1.10 bits per heavy atom. The Bertz CT molecular complexity index is 338. The van der Waals surface area contributed by atoms with E-state index >= 15 is 0 Å². The predicted octanol–water partition coefficient (Wildman–Crippen LogP) is 6.12. The Morgan fingerprint density at radius 2 is 1.52 bits per heavy atom. The van der Waals surface area contributed by atoms with E-state index < -0.39 is 0 Å². The van der Waals surface area contributed by atoms with E-state index in [1.54, 1.807) is 6.92 Å². The molecule has 0 aliphatic rings. The van der Waals surface area contributed by atoms with Gasteiger partial charge in [0.1, 0.15) is 0 Å². The van der Waals surface area contributed by atoms with E-state index in [-0.39, 0.29) is 42.1 Å². The van der Waals surface area contributed by atoms with Gasteiger partial charge in [0.15, 0.2) is 0 Å². The molecule has 0 amide bonds. The van der Waals surface area contributed by atoms with E-state index in [0.717, 1.165) is 11.1 Å². The van der Waals surface area contributed by atoms with Crippen molar-refractivity contribution in [3.8, 4) is 0 Å². The molecule has 2 heteroatoms. The van der Waals surface area contributed by atoms with Gasteiger partial charge >= 0.3 is 42.1 Å². The maximum Gasteiger partial charge on any atom is 2.00 e. The molecule has 0 nitrogen and oxygen atoms in total. The molecular weight excluding hydrogens is 596 g/mol. The van der Waals surface area contributed by atoms with Crippen molar-refractivity contribution in [2.75, 3.05) is 0 Å². The van der Waals surface area contributed by atoms with Gasteiger partial charge in [0.2, 0.25) is 0 Å². The van der Waals surface area contributed by atoms with Crippen LogP contribution in [0.25, 0.3) is 5.57 Å². The maximum atomic E-state index is 5.03. The third-order valence-corrected chi connectivity index (χ3v) is 1.75. The normalized spacial score (nSPS) is 7.67. The molecule has 1 rings (SSSR count). The molecule has 0 saturated carbocycles. The van der Waals surface area contributed by atoms with E-state index in [2.05, 4.69) is 12.1 Å². The Hall–Kier alpha value is -0.183. The van der Waals surface area contributed by atoms with E-state index in [0.29, 0.717) is 5.57 Å². The van der Waals surface area contributed by atoms with Crippen molar-refractivity contribution in [3.63, 3.8) is 0 Å². The molecule has 0 unspecified atom stereocenters. The first kappa shape index (κ1) is 32.7. The van der Waals surface area contributed by atoms with Crippen LogP contribution >= 0.6 is 0 Å². The van der Waals surface area contributed by atoms with Gasteiger partial charge in [-0.3, -0.25) is 0 Å². The van der Waals surface area contributed by atoms with Crippen LogP contribution in [0.1, 0.15) is 54.0 Å². The molecule has 0 N–H and O–H groups in total. The zero-order chi connectivity index (χ0) is 15.7. The molecule has 0 aromatic heterocycles. The second kappa shape index (κ2) is 28.0. The minimum absolute atomic E-state index is 0.